The van der Waals surface area contributed by atoms with Crippen LogP contribution in [0, 0.1) is 0 Å². The molecule has 0 fully saturated rings. The minimum Gasteiger partial charge on any atom is -0.338 e. The maximum atomic E-state index is 5.57. The molecular formula is C22H25N3O. The third-order valence-electron chi connectivity index (χ3n) is 5.30. The molecule has 4 heteroatoms. The van der Waals surface area contributed by atoms with Crippen LogP contribution < -0.4 is 0 Å². The van der Waals surface area contributed by atoms with Gasteiger partial charge in [-0.3, -0.25) is 4.90 Å². The monoisotopic (exact) mass is 347 g/mol. The van der Waals surface area contributed by atoms with Crippen LogP contribution in [0.3, 0.4) is 0 Å². The van der Waals surface area contributed by atoms with Gasteiger partial charge in [0.15, 0.2) is 5.82 Å². The molecule has 2 heterocycles. The van der Waals surface area contributed by atoms with Crippen LogP contribution in [0.2, 0.25) is 0 Å². The molecule has 4 rings (SSSR count). The lowest BCUT2D eigenvalue weighted by molar-refractivity contribution is 0.150. The van der Waals surface area contributed by atoms with Gasteiger partial charge in [-0.15, -0.1) is 0 Å². The van der Waals surface area contributed by atoms with Crippen molar-refractivity contribution in [2.75, 3.05) is 6.54 Å². The van der Waals surface area contributed by atoms with E-state index in [1.165, 1.54) is 16.7 Å². The summed E-state index contributed by atoms with van der Waals surface area (Å²) in [5.41, 5.74) is 4.16. The van der Waals surface area contributed by atoms with E-state index in [-0.39, 0.29) is 12.0 Å². The van der Waals surface area contributed by atoms with Gasteiger partial charge in [-0.2, -0.15) is 4.98 Å². The molecule has 134 valence electrons. The van der Waals surface area contributed by atoms with E-state index in [9.17, 15) is 0 Å². The highest BCUT2D eigenvalue weighted by Gasteiger charge is 2.31. The Hall–Kier alpha value is -2.46. The molecule has 0 radical (unpaired) electrons. The van der Waals surface area contributed by atoms with Crippen LogP contribution in [-0.4, -0.2) is 21.6 Å². The molecule has 0 aliphatic carbocycles. The Bertz CT molecular complexity index is 872. The topological polar surface area (TPSA) is 42.2 Å². The molecule has 2 aromatic carbocycles. The minimum atomic E-state index is 0.0922. The minimum absolute atomic E-state index is 0.0922. The summed E-state index contributed by atoms with van der Waals surface area (Å²) in [6.07, 6.45) is 0. The second-order valence-corrected chi connectivity index (χ2v) is 7.41. The lowest BCUT2D eigenvalue weighted by Crippen LogP contribution is -2.36. The van der Waals surface area contributed by atoms with Gasteiger partial charge in [-0.1, -0.05) is 73.6 Å². The third-order valence-corrected chi connectivity index (χ3v) is 5.30. The van der Waals surface area contributed by atoms with E-state index in [4.69, 9.17) is 4.52 Å². The number of nitrogens with zero attached hydrogens (tertiary/aromatic N) is 3. The van der Waals surface area contributed by atoms with Gasteiger partial charge in [-0.25, -0.2) is 0 Å². The van der Waals surface area contributed by atoms with E-state index in [1.807, 2.05) is 0 Å². The zero-order valence-electron chi connectivity index (χ0n) is 15.6. The van der Waals surface area contributed by atoms with E-state index >= 15 is 0 Å². The highest BCUT2D eigenvalue weighted by Crippen LogP contribution is 2.36. The van der Waals surface area contributed by atoms with Crippen LogP contribution in [-0.2, 0) is 6.54 Å². The second-order valence-electron chi connectivity index (χ2n) is 7.41. The van der Waals surface area contributed by atoms with Gasteiger partial charge in [0.1, 0.15) is 0 Å². The van der Waals surface area contributed by atoms with Gasteiger partial charge < -0.3 is 4.52 Å². The summed E-state index contributed by atoms with van der Waals surface area (Å²) in [7, 11) is 0. The molecule has 1 aliphatic rings. The van der Waals surface area contributed by atoms with Crippen LogP contribution in [0.15, 0.2) is 59.1 Å². The standard InChI is InChI=1S/C22H25N3O/c1-15(2)21-23-22(26-24-21)16(3)25-13-18-11-7-8-12-19(18)20(14-25)17-9-5-4-6-10-17/h4-12,15-16,20H,13-14H2,1-3H3/t16-,20+/m0/s1. The fourth-order valence-corrected chi connectivity index (χ4v) is 3.71. The van der Waals surface area contributed by atoms with E-state index < -0.39 is 0 Å². The molecule has 0 saturated heterocycles. The molecule has 0 saturated carbocycles. The van der Waals surface area contributed by atoms with E-state index in [0.29, 0.717) is 11.8 Å². The normalized spacial score (nSPS) is 18.7. The molecule has 2 atom stereocenters. The number of rotatable bonds is 4. The molecule has 26 heavy (non-hydrogen) atoms. The molecule has 0 N–H and O–H groups in total. The van der Waals surface area contributed by atoms with Crippen LogP contribution in [0.1, 0.15) is 67.1 Å². The van der Waals surface area contributed by atoms with Crippen molar-refractivity contribution in [3.63, 3.8) is 0 Å². The first-order valence-corrected chi connectivity index (χ1v) is 9.33. The third kappa shape index (κ3) is 3.17. The number of hydrogen-bond donors (Lipinski definition) is 0. The van der Waals surface area contributed by atoms with Crippen LogP contribution >= 0.6 is 0 Å². The molecule has 0 bridgehead atoms. The predicted molar refractivity (Wildman–Crippen MR) is 102 cm³/mol. The first-order chi connectivity index (χ1) is 12.6. The van der Waals surface area contributed by atoms with Crippen molar-refractivity contribution in [2.24, 2.45) is 0 Å². The first-order valence-electron chi connectivity index (χ1n) is 9.33. The smallest absolute Gasteiger partial charge is 0.243 e. The van der Waals surface area contributed by atoms with Crippen LogP contribution in [0.5, 0.6) is 0 Å². The second kappa shape index (κ2) is 7.04. The zero-order valence-corrected chi connectivity index (χ0v) is 15.6. The van der Waals surface area contributed by atoms with Gasteiger partial charge in [0.2, 0.25) is 5.89 Å². The number of fused-ring (bicyclic) bond motifs is 1. The SMILES string of the molecule is CC(C)c1noc([C@H](C)N2Cc3ccccc3[C@@H](c3ccccc3)C2)n1. The van der Waals surface area contributed by atoms with Crippen molar-refractivity contribution < 1.29 is 4.52 Å². The van der Waals surface area contributed by atoms with Gasteiger partial charge in [0, 0.05) is 24.9 Å². The van der Waals surface area contributed by atoms with Crippen molar-refractivity contribution >= 4 is 0 Å². The summed E-state index contributed by atoms with van der Waals surface area (Å²) >= 11 is 0. The Kier molecular flexibility index (Phi) is 4.60. The first kappa shape index (κ1) is 17.0. The maximum absolute atomic E-state index is 5.57. The highest BCUT2D eigenvalue weighted by atomic mass is 16.5. The molecular weight excluding hydrogens is 322 g/mol. The van der Waals surface area contributed by atoms with Crippen molar-refractivity contribution in [2.45, 2.75) is 45.2 Å². The maximum Gasteiger partial charge on any atom is 0.243 e. The van der Waals surface area contributed by atoms with Gasteiger partial charge >= 0.3 is 0 Å². The van der Waals surface area contributed by atoms with E-state index in [0.717, 1.165) is 18.9 Å². The van der Waals surface area contributed by atoms with Crippen molar-refractivity contribution in [1.29, 1.82) is 0 Å². The summed E-state index contributed by atoms with van der Waals surface area (Å²) in [5, 5.41) is 4.14. The zero-order chi connectivity index (χ0) is 18.1. The Morgan fingerprint density at radius 1 is 1.00 bits per heavy atom. The summed E-state index contributed by atoms with van der Waals surface area (Å²) in [4.78, 5) is 7.06. The Morgan fingerprint density at radius 2 is 1.73 bits per heavy atom. The fraction of sp³-hybridized carbons (Fsp3) is 0.364. The van der Waals surface area contributed by atoms with Crippen LogP contribution in [0.25, 0.3) is 0 Å². The number of benzene rings is 2. The summed E-state index contributed by atoms with van der Waals surface area (Å²) in [6.45, 7) is 8.18. The van der Waals surface area contributed by atoms with Gasteiger partial charge in [-0.05, 0) is 23.6 Å². The highest BCUT2D eigenvalue weighted by molar-refractivity contribution is 5.40. The van der Waals surface area contributed by atoms with E-state index in [2.05, 4.69) is 90.4 Å². The van der Waals surface area contributed by atoms with Crippen LogP contribution in [0.4, 0.5) is 0 Å². The van der Waals surface area contributed by atoms with Gasteiger partial charge in [0.05, 0.1) is 6.04 Å². The van der Waals surface area contributed by atoms with E-state index in [1.54, 1.807) is 0 Å². The summed E-state index contributed by atoms with van der Waals surface area (Å²) in [5.74, 6) is 2.12. The fourth-order valence-electron chi connectivity index (χ4n) is 3.71. The average molecular weight is 347 g/mol. The summed E-state index contributed by atoms with van der Waals surface area (Å²) < 4.78 is 5.57. The van der Waals surface area contributed by atoms with Crippen molar-refractivity contribution in [3.05, 3.63) is 83.0 Å². The number of hydrogen-bond acceptors (Lipinski definition) is 4. The Balaban J connectivity index is 1.66. The Labute approximate surface area is 154 Å². The molecule has 4 nitrogen and oxygen atoms in total. The molecule has 0 spiro atoms. The molecule has 0 unspecified atom stereocenters. The van der Waals surface area contributed by atoms with Crippen molar-refractivity contribution in [3.8, 4) is 0 Å². The lowest BCUT2D eigenvalue weighted by Gasteiger charge is -2.37. The predicted octanol–water partition coefficient (Wildman–Crippen LogP) is 4.90. The van der Waals surface area contributed by atoms with Crippen molar-refractivity contribution in [1.82, 2.24) is 15.0 Å². The lowest BCUT2D eigenvalue weighted by atomic mass is 9.84. The Morgan fingerprint density at radius 3 is 2.46 bits per heavy atom. The number of aromatic nitrogens is 2. The molecule has 1 aliphatic heterocycles. The molecule has 1 aromatic heterocycles. The average Bonchev–Trinajstić information content (AvgIpc) is 3.18. The summed E-state index contributed by atoms with van der Waals surface area (Å²) in [6, 6.07) is 19.6. The largest absolute Gasteiger partial charge is 0.338 e. The van der Waals surface area contributed by atoms with Gasteiger partial charge in [0.25, 0.3) is 0 Å². The molecule has 3 aromatic rings. The molecule has 0 amide bonds. The quantitative estimate of drug-likeness (QED) is 0.673.